The van der Waals surface area contributed by atoms with Crippen LogP contribution in [-0.2, 0) is 25.6 Å². The first-order chi connectivity index (χ1) is 10.6. The summed E-state index contributed by atoms with van der Waals surface area (Å²) in [5.41, 5.74) is 0.871. The van der Waals surface area contributed by atoms with Crippen molar-refractivity contribution in [2.45, 2.75) is 19.6 Å². The normalized spacial score (nSPS) is 18.5. The van der Waals surface area contributed by atoms with Gasteiger partial charge in [0.1, 0.15) is 13.2 Å². The van der Waals surface area contributed by atoms with Crippen molar-refractivity contribution in [3.63, 3.8) is 0 Å². The summed E-state index contributed by atoms with van der Waals surface area (Å²) in [6.07, 6.45) is 1.56. The van der Waals surface area contributed by atoms with Gasteiger partial charge in [0.2, 0.25) is 11.8 Å². The number of methoxy groups -OCH3 is 1. The molecule has 122 valence electrons. The summed E-state index contributed by atoms with van der Waals surface area (Å²) >= 11 is 0. The molecule has 2 rings (SSSR count). The maximum absolute atomic E-state index is 11.9. The molecule has 0 aliphatic carbocycles. The van der Waals surface area contributed by atoms with Crippen LogP contribution in [0.3, 0.4) is 0 Å². The molecule has 0 saturated carbocycles. The first-order valence-electron chi connectivity index (χ1n) is 7.23. The smallest absolute Gasteiger partial charge is 0.248 e. The Kier molecular flexibility index (Phi) is 5.91. The van der Waals surface area contributed by atoms with E-state index in [0.717, 1.165) is 5.69 Å². The summed E-state index contributed by atoms with van der Waals surface area (Å²) in [6.45, 7) is 3.95. The van der Waals surface area contributed by atoms with Crippen LogP contribution in [0.4, 0.5) is 0 Å². The number of morpholine rings is 1. The molecule has 1 unspecified atom stereocenters. The predicted molar refractivity (Wildman–Crippen MR) is 78.2 cm³/mol. The third-order valence-corrected chi connectivity index (χ3v) is 3.39. The maximum atomic E-state index is 11.9. The summed E-state index contributed by atoms with van der Waals surface area (Å²) < 4.78 is 12.0. The van der Waals surface area contributed by atoms with Crippen molar-refractivity contribution in [2.75, 3.05) is 40.0 Å². The molecular formula is C14H22N4O4. The molecule has 0 bridgehead atoms. The van der Waals surface area contributed by atoms with Crippen LogP contribution >= 0.6 is 0 Å². The minimum atomic E-state index is -0.196. The molecule has 1 aromatic rings. The van der Waals surface area contributed by atoms with E-state index in [1.54, 1.807) is 22.9 Å². The van der Waals surface area contributed by atoms with Crippen molar-refractivity contribution in [2.24, 2.45) is 0 Å². The van der Waals surface area contributed by atoms with Crippen molar-refractivity contribution in [3.8, 4) is 0 Å². The number of amides is 2. The van der Waals surface area contributed by atoms with Gasteiger partial charge in [0.15, 0.2) is 0 Å². The third-order valence-electron chi connectivity index (χ3n) is 3.39. The van der Waals surface area contributed by atoms with Crippen molar-refractivity contribution in [1.29, 1.82) is 0 Å². The highest BCUT2D eigenvalue weighted by atomic mass is 16.5. The standard InChI is InChI=1S/C14H22N4O4/c1-11-3-4-18(16-11)9-13(19)15-7-12-8-17(5-6-21-2)14(20)10-22-12/h3-4,12H,5-10H2,1-2H3,(H,15,19). The molecule has 1 aliphatic heterocycles. The lowest BCUT2D eigenvalue weighted by Crippen LogP contribution is -2.51. The van der Waals surface area contributed by atoms with Gasteiger partial charge in [-0.25, -0.2) is 0 Å². The molecule has 1 N–H and O–H groups in total. The monoisotopic (exact) mass is 310 g/mol. The summed E-state index contributed by atoms with van der Waals surface area (Å²) in [5, 5.41) is 6.97. The van der Waals surface area contributed by atoms with E-state index in [0.29, 0.717) is 26.2 Å². The van der Waals surface area contributed by atoms with Crippen LogP contribution in [0.5, 0.6) is 0 Å². The number of aromatic nitrogens is 2. The van der Waals surface area contributed by atoms with Gasteiger partial charge in [0, 0.05) is 32.9 Å². The van der Waals surface area contributed by atoms with Gasteiger partial charge in [-0.15, -0.1) is 0 Å². The first kappa shape index (κ1) is 16.4. The second-order valence-corrected chi connectivity index (χ2v) is 5.22. The molecule has 1 aromatic heterocycles. The molecule has 1 saturated heterocycles. The van der Waals surface area contributed by atoms with Gasteiger partial charge in [-0.1, -0.05) is 0 Å². The first-order valence-corrected chi connectivity index (χ1v) is 7.23. The van der Waals surface area contributed by atoms with Crippen LogP contribution in [0.25, 0.3) is 0 Å². The van der Waals surface area contributed by atoms with E-state index in [1.807, 2.05) is 13.0 Å². The third kappa shape index (κ3) is 4.81. The number of nitrogens with one attached hydrogen (secondary N) is 1. The van der Waals surface area contributed by atoms with Crippen LogP contribution in [0.2, 0.25) is 0 Å². The van der Waals surface area contributed by atoms with Crippen molar-refractivity contribution >= 4 is 11.8 Å². The molecule has 8 heteroatoms. The van der Waals surface area contributed by atoms with E-state index < -0.39 is 0 Å². The van der Waals surface area contributed by atoms with Crippen molar-refractivity contribution in [3.05, 3.63) is 18.0 Å². The van der Waals surface area contributed by atoms with Gasteiger partial charge in [-0.05, 0) is 13.0 Å². The van der Waals surface area contributed by atoms with Crippen LogP contribution in [0.1, 0.15) is 5.69 Å². The number of nitrogens with zero attached hydrogens (tertiary/aromatic N) is 3. The highest BCUT2D eigenvalue weighted by Crippen LogP contribution is 2.05. The molecule has 1 atom stereocenters. The fourth-order valence-corrected chi connectivity index (χ4v) is 2.20. The number of carbonyl (C=O) groups is 2. The van der Waals surface area contributed by atoms with Gasteiger partial charge < -0.3 is 19.7 Å². The summed E-state index contributed by atoms with van der Waals surface area (Å²) in [7, 11) is 1.60. The van der Waals surface area contributed by atoms with E-state index in [-0.39, 0.29) is 31.1 Å². The Morgan fingerprint density at radius 2 is 2.41 bits per heavy atom. The van der Waals surface area contributed by atoms with Crippen LogP contribution in [-0.4, -0.2) is 72.6 Å². The van der Waals surface area contributed by atoms with Gasteiger partial charge in [-0.2, -0.15) is 5.10 Å². The highest BCUT2D eigenvalue weighted by Gasteiger charge is 2.26. The van der Waals surface area contributed by atoms with Gasteiger partial charge in [0.25, 0.3) is 0 Å². The Bertz CT molecular complexity index is 517. The molecule has 22 heavy (non-hydrogen) atoms. The minimum absolute atomic E-state index is 0.0442. The maximum Gasteiger partial charge on any atom is 0.248 e. The van der Waals surface area contributed by atoms with Crippen LogP contribution in [0.15, 0.2) is 12.3 Å². The van der Waals surface area contributed by atoms with Gasteiger partial charge in [-0.3, -0.25) is 14.3 Å². The zero-order valence-corrected chi connectivity index (χ0v) is 12.9. The lowest BCUT2D eigenvalue weighted by Gasteiger charge is -2.32. The average Bonchev–Trinajstić information content (AvgIpc) is 2.90. The summed E-state index contributed by atoms with van der Waals surface area (Å²) in [5.74, 6) is -0.182. The number of hydrogen-bond acceptors (Lipinski definition) is 5. The lowest BCUT2D eigenvalue weighted by atomic mass is 10.2. The number of ether oxygens (including phenoxy) is 2. The zero-order valence-electron chi connectivity index (χ0n) is 12.9. The van der Waals surface area contributed by atoms with Crippen molar-refractivity contribution < 1.29 is 19.1 Å². The van der Waals surface area contributed by atoms with E-state index in [2.05, 4.69) is 10.4 Å². The second kappa shape index (κ2) is 7.90. The summed E-state index contributed by atoms with van der Waals surface area (Å²) in [6, 6.07) is 1.84. The van der Waals surface area contributed by atoms with E-state index in [9.17, 15) is 9.59 Å². The molecule has 0 aromatic carbocycles. The minimum Gasteiger partial charge on any atom is -0.383 e. The predicted octanol–water partition coefficient (Wildman–Crippen LogP) is -0.818. The quantitative estimate of drug-likeness (QED) is 0.711. The van der Waals surface area contributed by atoms with Crippen molar-refractivity contribution in [1.82, 2.24) is 20.0 Å². The molecule has 0 spiro atoms. The number of hydrogen-bond donors (Lipinski definition) is 1. The number of carbonyl (C=O) groups excluding carboxylic acids is 2. The SMILES string of the molecule is COCCN1CC(CNC(=O)Cn2ccc(C)n2)OCC1=O. The largest absolute Gasteiger partial charge is 0.383 e. The average molecular weight is 310 g/mol. The Balaban J connectivity index is 1.73. The number of rotatable bonds is 7. The molecule has 2 heterocycles. The van der Waals surface area contributed by atoms with Gasteiger partial charge >= 0.3 is 0 Å². The molecule has 2 amide bonds. The Labute approximate surface area is 129 Å². The lowest BCUT2D eigenvalue weighted by molar-refractivity contribution is -0.149. The fraction of sp³-hybridized carbons (Fsp3) is 0.643. The van der Waals surface area contributed by atoms with E-state index in [4.69, 9.17) is 9.47 Å². The molecular weight excluding hydrogens is 288 g/mol. The van der Waals surface area contributed by atoms with E-state index in [1.165, 1.54) is 0 Å². The van der Waals surface area contributed by atoms with Gasteiger partial charge in [0.05, 0.1) is 18.4 Å². The highest BCUT2D eigenvalue weighted by molar-refractivity contribution is 5.78. The molecule has 8 nitrogen and oxygen atoms in total. The number of aryl methyl sites for hydroxylation is 1. The zero-order chi connectivity index (χ0) is 15.9. The van der Waals surface area contributed by atoms with E-state index >= 15 is 0 Å². The van der Waals surface area contributed by atoms with Crippen LogP contribution in [0, 0.1) is 6.92 Å². The second-order valence-electron chi connectivity index (χ2n) is 5.22. The fourth-order valence-electron chi connectivity index (χ4n) is 2.20. The molecule has 1 fully saturated rings. The Morgan fingerprint density at radius 3 is 3.09 bits per heavy atom. The molecule has 0 radical (unpaired) electrons. The topological polar surface area (TPSA) is 85.7 Å². The van der Waals surface area contributed by atoms with Crippen LogP contribution < -0.4 is 5.32 Å². The Morgan fingerprint density at radius 1 is 1.59 bits per heavy atom. The summed E-state index contributed by atoms with van der Waals surface area (Å²) in [4.78, 5) is 25.2. The molecule has 1 aliphatic rings. The Hall–Kier alpha value is -1.93.